The first-order valence-electron chi connectivity index (χ1n) is 4.68. The number of halogens is 1. The number of alkyl halides is 1. The summed E-state index contributed by atoms with van der Waals surface area (Å²) in [6.45, 7) is 6.20. The fraction of sp³-hybridized carbons (Fsp3) is 0.700. The molecule has 14 heavy (non-hydrogen) atoms. The highest BCUT2D eigenvalue weighted by molar-refractivity contribution is 6.18. The highest BCUT2D eigenvalue weighted by Crippen LogP contribution is 2.01. The molecule has 4 heteroatoms. The molecule has 0 N–H and O–H groups in total. The van der Waals surface area contributed by atoms with Crippen molar-refractivity contribution in [2.75, 3.05) is 19.1 Å². The van der Waals surface area contributed by atoms with E-state index in [-0.39, 0.29) is 18.0 Å². The Morgan fingerprint density at radius 1 is 1.64 bits per heavy atom. The van der Waals surface area contributed by atoms with Gasteiger partial charge in [-0.2, -0.15) is 0 Å². The molecule has 1 atom stereocenters. The maximum Gasteiger partial charge on any atom is 0.306 e. The van der Waals surface area contributed by atoms with Gasteiger partial charge in [0.1, 0.15) is 6.10 Å². The second-order valence-electron chi connectivity index (χ2n) is 2.84. The van der Waals surface area contributed by atoms with Crippen LogP contribution in [0, 0.1) is 0 Å². The third kappa shape index (κ3) is 6.92. The largest absolute Gasteiger partial charge is 0.459 e. The van der Waals surface area contributed by atoms with Gasteiger partial charge in [-0.15, -0.1) is 18.2 Å². The number of hydrogen-bond donors (Lipinski definition) is 0. The van der Waals surface area contributed by atoms with Crippen LogP contribution in [0.5, 0.6) is 0 Å². The maximum atomic E-state index is 11.1. The van der Waals surface area contributed by atoms with Gasteiger partial charge in [0.2, 0.25) is 0 Å². The Labute approximate surface area is 90.0 Å². The summed E-state index contributed by atoms with van der Waals surface area (Å²) in [4.78, 5) is 11.1. The molecule has 0 aliphatic heterocycles. The van der Waals surface area contributed by atoms with Gasteiger partial charge in [-0.1, -0.05) is 13.0 Å². The molecule has 0 aromatic rings. The fourth-order valence-electron chi connectivity index (χ4n) is 0.842. The molecule has 0 rings (SSSR count). The standard InChI is InChI=1S/C10H17ClO3/c1-3-5-10(12)14-9(7-11)8-13-6-4-2/h4,9H,2-3,5-8H2,1H3/t9-/m0/s1. The van der Waals surface area contributed by atoms with E-state index in [9.17, 15) is 4.79 Å². The number of carbonyl (C=O) groups excluding carboxylic acids is 1. The number of carbonyl (C=O) groups is 1. The van der Waals surface area contributed by atoms with Gasteiger partial charge in [-0.25, -0.2) is 0 Å². The molecule has 0 aliphatic rings. The zero-order chi connectivity index (χ0) is 10.8. The quantitative estimate of drug-likeness (QED) is 0.272. The molecule has 0 heterocycles. The van der Waals surface area contributed by atoms with E-state index >= 15 is 0 Å². The Hall–Kier alpha value is -0.540. The van der Waals surface area contributed by atoms with Crippen molar-refractivity contribution in [1.29, 1.82) is 0 Å². The molecule has 0 amide bonds. The Morgan fingerprint density at radius 3 is 2.86 bits per heavy atom. The molecule has 82 valence electrons. The highest BCUT2D eigenvalue weighted by atomic mass is 35.5. The first-order valence-corrected chi connectivity index (χ1v) is 5.22. The second-order valence-corrected chi connectivity index (χ2v) is 3.15. The summed E-state index contributed by atoms with van der Waals surface area (Å²) >= 11 is 5.61. The molecule has 0 saturated carbocycles. The van der Waals surface area contributed by atoms with Crippen molar-refractivity contribution in [1.82, 2.24) is 0 Å². The lowest BCUT2D eigenvalue weighted by molar-refractivity contribution is -0.150. The van der Waals surface area contributed by atoms with Crippen molar-refractivity contribution < 1.29 is 14.3 Å². The summed E-state index contributed by atoms with van der Waals surface area (Å²) in [6, 6.07) is 0. The van der Waals surface area contributed by atoms with Crippen molar-refractivity contribution in [2.24, 2.45) is 0 Å². The summed E-state index contributed by atoms with van der Waals surface area (Å²) in [5.41, 5.74) is 0. The lowest BCUT2D eigenvalue weighted by Crippen LogP contribution is -2.25. The molecule has 0 radical (unpaired) electrons. The normalized spacial score (nSPS) is 12.1. The van der Waals surface area contributed by atoms with E-state index in [1.807, 2.05) is 6.92 Å². The molecular formula is C10H17ClO3. The summed E-state index contributed by atoms with van der Waals surface area (Å²) in [7, 11) is 0. The Kier molecular flexibility index (Phi) is 8.68. The van der Waals surface area contributed by atoms with Gasteiger partial charge in [0.05, 0.1) is 19.1 Å². The molecule has 0 aromatic heterocycles. The first kappa shape index (κ1) is 13.5. The molecule has 0 bridgehead atoms. The smallest absolute Gasteiger partial charge is 0.306 e. The number of ether oxygens (including phenoxy) is 2. The van der Waals surface area contributed by atoms with Crippen LogP contribution in [0.2, 0.25) is 0 Å². The number of esters is 1. The first-order chi connectivity index (χ1) is 6.74. The van der Waals surface area contributed by atoms with Gasteiger partial charge >= 0.3 is 5.97 Å². The van der Waals surface area contributed by atoms with Gasteiger partial charge in [-0.3, -0.25) is 4.79 Å². The van der Waals surface area contributed by atoms with E-state index < -0.39 is 0 Å². The van der Waals surface area contributed by atoms with Gasteiger partial charge < -0.3 is 9.47 Å². The van der Waals surface area contributed by atoms with Gasteiger partial charge in [0.15, 0.2) is 0 Å². The van der Waals surface area contributed by atoms with E-state index in [0.29, 0.717) is 19.6 Å². The molecule has 0 aromatic carbocycles. The highest BCUT2D eigenvalue weighted by Gasteiger charge is 2.12. The van der Waals surface area contributed by atoms with E-state index in [0.717, 1.165) is 6.42 Å². The molecule has 0 fully saturated rings. The Morgan fingerprint density at radius 2 is 2.36 bits per heavy atom. The van der Waals surface area contributed by atoms with Gasteiger partial charge in [0.25, 0.3) is 0 Å². The van der Waals surface area contributed by atoms with Crippen LogP contribution in [0.3, 0.4) is 0 Å². The summed E-state index contributed by atoms with van der Waals surface area (Å²) in [5, 5.41) is 0. The van der Waals surface area contributed by atoms with Crippen LogP contribution in [0.4, 0.5) is 0 Å². The Balaban J connectivity index is 3.66. The average molecular weight is 221 g/mol. The van der Waals surface area contributed by atoms with Crippen LogP contribution >= 0.6 is 11.6 Å². The molecule has 0 aliphatic carbocycles. The number of rotatable bonds is 8. The van der Waals surface area contributed by atoms with E-state index in [1.165, 1.54) is 0 Å². The second kappa shape index (κ2) is 9.03. The molecule has 0 spiro atoms. The summed E-state index contributed by atoms with van der Waals surface area (Å²) in [6.07, 6.45) is 2.49. The SMILES string of the molecule is C=CCOC[C@H](CCl)OC(=O)CCC. The zero-order valence-corrected chi connectivity index (χ0v) is 9.26. The predicted molar refractivity (Wildman–Crippen MR) is 56.5 cm³/mol. The molecular weight excluding hydrogens is 204 g/mol. The van der Waals surface area contributed by atoms with Crippen molar-refractivity contribution in [3.63, 3.8) is 0 Å². The van der Waals surface area contributed by atoms with Crippen molar-refractivity contribution in [2.45, 2.75) is 25.9 Å². The Bertz CT molecular complexity index is 171. The third-order valence-electron chi connectivity index (χ3n) is 1.46. The van der Waals surface area contributed by atoms with Crippen LogP contribution in [-0.2, 0) is 14.3 Å². The topological polar surface area (TPSA) is 35.5 Å². The predicted octanol–water partition coefficient (Wildman–Crippen LogP) is 2.14. The van der Waals surface area contributed by atoms with Crippen LogP contribution < -0.4 is 0 Å². The minimum absolute atomic E-state index is 0.222. The maximum absolute atomic E-state index is 11.1. The van der Waals surface area contributed by atoms with E-state index in [4.69, 9.17) is 21.1 Å². The van der Waals surface area contributed by atoms with Crippen molar-refractivity contribution in [3.8, 4) is 0 Å². The summed E-state index contributed by atoms with van der Waals surface area (Å²) < 4.78 is 10.2. The fourth-order valence-corrected chi connectivity index (χ4v) is 0.994. The molecule has 3 nitrogen and oxygen atoms in total. The average Bonchev–Trinajstić information content (AvgIpc) is 2.17. The van der Waals surface area contributed by atoms with Crippen molar-refractivity contribution in [3.05, 3.63) is 12.7 Å². The van der Waals surface area contributed by atoms with Crippen LogP contribution in [-0.4, -0.2) is 31.2 Å². The number of hydrogen-bond acceptors (Lipinski definition) is 3. The van der Waals surface area contributed by atoms with Crippen LogP contribution in [0.25, 0.3) is 0 Å². The summed E-state index contributed by atoms with van der Waals surface area (Å²) in [5.74, 6) is 0.0346. The third-order valence-corrected chi connectivity index (χ3v) is 1.81. The monoisotopic (exact) mass is 220 g/mol. The van der Waals surface area contributed by atoms with E-state index in [1.54, 1.807) is 6.08 Å². The van der Waals surface area contributed by atoms with Gasteiger partial charge in [0, 0.05) is 6.42 Å². The minimum atomic E-state index is -0.351. The van der Waals surface area contributed by atoms with Gasteiger partial charge in [-0.05, 0) is 6.42 Å². The lowest BCUT2D eigenvalue weighted by Gasteiger charge is -2.14. The van der Waals surface area contributed by atoms with Crippen molar-refractivity contribution >= 4 is 17.6 Å². The molecule has 0 unspecified atom stereocenters. The minimum Gasteiger partial charge on any atom is -0.459 e. The lowest BCUT2D eigenvalue weighted by atomic mass is 10.3. The zero-order valence-electron chi connectivity index (χ0n) is 8.50. The molecule has 0 saturated heterocycles. The van der Waals surface area contributed by atoms with E-state index in [2.05, 4.69) is 6.58 Å². The van der Waals surface area contributed by atoms with Crippen LogP contribution in [0.15, 0.2) is 12.7 Å². The van der Waals surface area contributed by atoms with Crippen LogP contribution in [0.1, 0.15) is 19.8 Å².